The third-order valence-electron chi connectivity index (χ3n) is 4.63. The second-order valence-corrected chi connectivity index (χ2v) is 5.81. The monoisotopic (exact) mass is 280 g/mol. The van der Waals surface area contributed by atoms with Crippen LogP contribution in [0.4, 0.5) is 0 Å². The van der Waals surface area contributed by atoms with Crippen LogP contribution in [0.3, 0.4) is 0 Å². The van der Waals surface area contributed by atoms with Crippen LogP contribution in [0.15, 0.2) is 12.2 Å². The first-order valence-electron chi connectivity index (χ1n) is 6.57. The van der Waals surface area contributed by atoms with E-state index >= 15 is 0 Å². The number of rotatable bonds is 3. The molecule has 3 aliphatic rings. The second-order valence-electron chi connectivity index (χ2n) is 5.81. The quantitative estimate of drug-likeness (QED) is 0.428. The summed E-state index contributed by atoms with van der Waals surface area (Å²) >= 11 is 0. The van der Waals surface area contributed by atoms with Gasteiger partial charge in [-0.15, -0.1) is 0 Å². The van der Waals surface area contributed by atoms with E-state index in [1.807, 2.05) is 0 Å². The number of hydrogen-bond acceptors (Lipinski definition) is 6. The van der Waals surface area contributed by atoms with Crippen LogP contribution in [0.25, 0.3) is 0 Å². The minimum absolute atomic E-state index is 0.0653. The van der Waals surface area contributed by atoms with Crippen LogP contribution >= 0.6 is 0 Å². The molecule has 0 aromatic carbocycles. The van der Waals surface area contributed by atoms with Gasteiger partial charge in [0.05, 0.1) is 13.0 Å². The van der Waals surface area contributed by atoms with Crippen LogP contribution in [-0.2, 0) is 28.6 Å². The third-order valence-corrected chi connectivity index (χ3v) is 4.63. The zero-order chi connectivity index (χ0) is 14.7. The van der Waals surface area contributed by atoms with Crippen molar-refractivity contribution in [2.45, 2.75) is 31.5 Å². The van der Waals surface area contributed by atoms with Crippen molar-refractivity contribution >= 4 is 17.9 Å². The normalized spacial score (nSPS) is 40.4. The number of hydrogen-bond donors (Lipinski definition) is 0. The summed E-state index contributed by atoms with van der Waals surface area (Å²) in [5.41, 5.74) is -0.729. The molecule has 5 atom stereocenters. The minimum Gasteiger partial charge on any atom is -0.469 e. The first kappa shape index (κ1) is 13.1. The molecule has 2 aliphatic carbocycles. The Kier molecular flexibility index (Phi) is 2.68. The number of fused-ring (bicyclic) bond motifs is 1. The molecule has 3 rings (SSSR count). The molecule has 0 N–H and O–H groups in total. The van der Waals surface area contributed by atoms with Gasteiger partial charge < -0.3 is 14.2 Å². The van der Waals surface area contributed by atoms with Crippen LogP contribution in [0.1, 0.15) is 19.8 Å². The van der Waals surface area contributed by atoms with Crippen LogP contribution in [0.2, 0.25) is 0 Å². The van der Waals surface area contributed by atoms with Crippen molar-refractivity contribution in [3.8, 4) is 0 Å². The van der Waals surface area contributed by atoms with Crippen molar-refractivity contribution in [2.24, 2.45) is 17.8 Å². The zero-order valence-electron chi connectivity index (χ0n) is 11.4. The summed E-state index contributed by atoms with van der Waals surface area (Å²) in [4.78, 5) is 35.8. The van der Waals surface area contributed by atoms with Gasteiger partial charge in [0.2, 0.25) is 0 Å². The van der Waals surface area contributed by atoms with Crippen molar-refractivity contribution in [3.63, 3.8) is 0 Å². The Balaban J connectivity index is 1.97. The molecule has 2 saturated carbocycles. The highest BCUT2D eigenvalue weighted by molar-refractivity contribution is 5.90. The largest absolute Gasteiger partial charge is 0.469 e. The smallest absolute Gasteiger partial charge is 0.333 e. The SMILES string of the molecule is C=C(C)C(=O)OC12CC3OC(=O)C(C3C1)C2C(=O)OC. The molecule has 1 saturated heterocycles. The Labute approximate surface area is 116 Å². The lowest BCUT2D eigenvalue weighted by molar-refractivity contribution is -0.172. The predicted octanol–water partition coefficient (Wildman–Crippen LogP) is 0.599. The average molecular weight is 280 g/mol. The van der Waals surface area contributed by atoms with E-state index in [2.05, 4.69) is 6.58 Å². The Hall–Kier alpha value is -1.85. The van der Waals surface area contributed by atoms with Gasteiger partial charge in [0.25, 0.3) is 0 Å². The van der Waals surface area contributed by atoms with E-state index in [4.69, 9.17) is 14.2 Å². The molecule has 0 amide bonds. The summed E-state index contributed by atoms with van der Waals surface area (Å²) < 4.78 is 15.6. The van der Waals surface area contributed by atoms with Gasteiger partial charge in [-0.05, 0) is 13.3 Å². The lowest BCUT2D eigenvalue weighted by Crippen LogP contribution is -2.47. The van der Waals surface area contributed by atoms with Gasteiger partial charge in [-0.25, -0.2) is 4.79 Å². The van der Waals surface area contributed by atoms with Gasteiger partial charge in [-0.3, -0.25) is 9.59 Å². The fraction of sp³-hybridized carbons (Fsp3) is 0.643. The van der Waals surface area contributed by atoms with Crippen LogP contribution in [0, 0.1) is 17.8 Å². The third kappa shape index (κ3) is 1.53. The highest BCUT2D eigenvalue weighted by Gasteiger charge is 2.73. The predicted molar refractivity (Wildman–Crippen MR) is 65.2 cm³/mol. The average Bonchev–Trinajstić information content (AvgIpc) is 2.94. The Morgan fingerprint density at radius 3 is 2.70 bits per heavy atom. The summed E-state index contributed by atoms with van der Waals surface area (Å²) in [5.74, 6) is -2.85. The molecule has 1 aliphatic heterocycles. The van der Waals surface area contributed by atoms with Crippen molar-refractivity contribution < 1.29 is 28.6 Å². The first-order valence-corrected chi connectivity index (χ1v) is 6.57. The summed E-state index contributed by atoms with van der Waals surface area (Å²) in [6, 6.07) is 0. The molecule has 2 bridgehead atoms. The number of carbonyl (C=O) groups is 3. The minimum atomic E-state index is -0.991. The van der Waals surface area contributed by atoms with Gasteiger partial charge in [0, 0.05) is 17.9 Å². The Morgan fingerprint density at radius 1 is 1.40 bits per heavy atom. The molecule has 3 fully saturated rings. The van der Waals surface area contributed by atoms with Crippen LogP contribution in [-0.4, -0.2) is 36.7 Å². The van der Waals surface area contributed by atoms with Crippen LogP contribution in [0.5, 0.6) is 0 Å². The number of methoxy groups -OCH3 is 1. The molecule has 0 aromatic rings. The summed E-state index contributed by atoms with van der Waals surface area (Å²) in [6.45, 7) is 5.09. The molecule has 1 heterocycles. The zero-order valence-corrected chi connectivity index (χ0v) is 11.4. The highest BCUT2D eigenvalue weighted by Crippen LogP contribution is 2.61. The Bertz CT molecular complexity index is 520. The van der Waals surface area contributed by atoms with E-state index in [1.54, 1.807) is 6.92 Å². The lowest BCUT2D eigenvalue weighted by Gasteiger charge is -2.33. The fourth-order valence-electron chi connectivity index (χ4n) is 3.87. The number of esters is 3. The van der Waals surface area contributed by atoms with Gasteiger partial charge in [0.1, 0.15) is 17.6 Å². The second kappa shape index (κ2) is 4.07. The van der Waals surface area contributed by atoms with Crippen molar-refractivity contribution in [3.05, 3.63) is 12.2 Å². The summed E-state index contributed by atoms with van der Waals surface area (Å²) in [7, 11) is 1.26. The van der Waals surface area contributed by atoms with Gasteiger partial charge >= 0.3 is 17.9 Å². The topological polar surface area (TPSA) is 78.9 Å². The van der Waals surface area contributed by atoms with E-state index in [0.717, 1.165) is 0 Å². The molecular formula is C14H16O6. The maximum atomic E-state index is 12.1. The number of carbonyl (C=O) groups excluding carboxylic acids is 3. The fourth-order valence-corrected chi connectivity index (χ4v) is 3.87. The molecule has 0 aromatic heterocycles. The van der Waals surface area contributed by atoms with Gasteiger partial charge in [-0.1, -0.05) is 6.58 Å². The van der Waals surface area contributed by atoms with E-state index in [1.165, 1.54) is 7.11 Å². The molecule has 0 radical (unpaired) electrons. The van der Waals surface area contributed by atoms with Gasteiger partial charge in [-0.2, -0.15) is 0 Å². The molecule has 5 unspecified atom stereocenters. The van der Waals surface area contributed by atoms with E-state index < -0.39 is 29.4 Å². The maximum Gasteiger partial charge on any atom is 0.333 e. The maximum absolute atomic E-state index is 12.1. The summed E-state index contributed by atoms with van der Waals surface area (Å²) in [5, 5.41) is 0. The first-order chi connectivity index (χ1) is 9.39. The number of ether oxygens (including phenoxy) is 3. The molecule has 6 nitrogen and oxygen atoms in total. The molecule has 6 heteroatoms. The highest BCUT2D eigenvalue weighted by atomic mass is 16.6. The standard InChI is InChI=1S/C14H16O6/c1-6(2)11(15)20-14-4-7-8(5-14)19-12(16)9(7)10(14)13(17)18-3/h7-10H,1,4-5H2,2-3H3. The van der Waals surface area contributed by atoms with Crippen LogP contribution < -0.4 is 0 Å². The van der Waals surface area contributed by atoms with E-state index in [0.29, 0.717) is 12.8 Å². The molecule has 20 heavy (non-hydrogen) atoms. The van der Waals surface area contributed by atoms with E-state index in [-0.39, 0.29) is 23.6 Å². The molecule has 0 spiro atoms. The van der Waals surface area contributed by atoms with Gasteiger partial charge in [0.15, 0.2) is 0 Å². The molecular weight excluding hydrogens is 264 g/mol. The summed E-state index contributed by atoms with van der Waals surface area (Å²) in [6.07, 6.45) is 0.567. The Morgan fingerprint density at radius 2 is 2.10 bits per heavy atom. The van der Waals surface area contributed by atoms with E-state index in [9.17, 15) is 14.4 Å². The lowest BCUT2D eigenvalue weighted by atomic mass is 9.77. The van der Waals surface area contributed by atoms with Crippen molar-refractivity contribution in [1.29, 1.82) is 0 Å². The van der Waals surface area contributed by atoms with Crippen molar-refractivity contribution in [2.75, 3.05) is 7.11 Å². The molecule has 108 valence electrons. The van der Waals surface area contributed by atoms with Crippen molar-refractivity contribution in [1.82, 2.24) is 0 Å².